The van der Waals surface area contributed by atoms with Crippen molar-refractivity contribution in [2.75, 3.05) is 13.2 Å². The minimum absolute atomic E-state index is 0.251. The topological polar surface area (TPSA) is 41.5 Å². The molecular formula is C21H29NO2. The Bertz CT molecular complexity index is 637. The number of benzene rings is 2. The SMILES string of the molecule is CCC(NCC(O)COc1cccc(C)c1C)c1ccc(C)cc1. The summed E-state index contributed by atoms with van der Waals surface area (Å²) in [5.74, 6) is 0.847. The maximum absolute atomic E-state index is 10.2. The molecular weight excluding hydrogens is 298 g/mol. The Balaban J connectivity index is 1.84. The first kappa shape index (κ1) is 18.5. The molecule has 130 valence electrons. The highest BCUT2D eigenvalue weighted by Crippen LogP contribution is 2.21. The molecule has 2 N–H and O–H groups in total. The second kappa shape index (κ2) is 8.86. The van der Waals surface area contributed by atoms with Gasteiger partial charge in [-0.05, 0) is 49.9 Å². The summed E-state index contributed by atoms with van der Waals surface area (Å²) in [7, 11) is 0. The van der Waals surface area contributed by atoms with Crippen molar-refractivity contribution in [3.8, 4) is 5.75 Å². The van der Waals surface area contributed by atoms with E-state index in [0.29, 0.717) is 13.2 Å². The highest BCUT2D eigenvalue weighted by Gasteiger charge is 2.12. The van der Waals surface area contributed by atoms with Crippen LogP contribution in [0.25, 0.3) is 0 Å². The largest absolute Gasteiger partial charge is 0.491 e. The van der Waals surface area contributed by atoms with Gasteiger partial charge in [-0.3, -0.25) is 0 Å². The fourth-order valence-corrected chi connectivity index (χ4v) is 2.70. The average molecular weight is 327 g/mol. The van der Waals surface area contributed by atoms with Crippen molar-refractivity contribution in [3.63, 3.8) is 0 Å². The van der Waals surface area contributed by atoms with Crippen LogP contribution < -0.4 is 10.1 Å². The van der Waals surface area contributed by atoms with Gasteiger partial charge in [0.15, 0.2) is 0 Å². The molecule has 3 heteroatoms. The number of aliphatic hydroxyl groups is 1. The molecule has 0 radical (unpaired) electrons. The van der Waals surface area contributed by atoms with Gasteiger partial charge in [-0.15, -0.1) is 0 Å². The summed E-state index contributed by atoms with van der Waals surface area (Å²) in [6.07, 6.45) is 0.442. The van der Waals surface area contributed by atoms with Gasteiger partial charge >= 0.3 is 0 Å². The van der Waals surface area contributed by atoms with Crippen molar-refractivity contribution < 1.29 is 9.84 Å². The highest BCUT2D eigenvalue weighted by atomic mass is 16.5. The average Bonchev–Trinajstić information content (AvgIpc) is 2.58. The second-order valence-electron chi connectivity index (χ2n) is 6.44. The van der Waals surface area contributed by atoms with Crippen LogP contribution in [0.4, 0.5) is 0 Å². The molecule has 2 aromatic rings. The Morgan fingerprint density at radius 3 is 2.42 bits per heavy atom. The lowest BCUT2D eigenvalue weighted by atomic mass is 10.0. The zero-order valence-corrected chi connectivity index (χ0v) is 15.2. The Morgan fingerprint density at radius 2 is 1.75 bits per heavy atom. The predicted octanol–water partition coefficient (Wildman–Crippen LogP) is 4.09. The molecule has 3 nitrogen and oxygen atoms in total. The molecule has 2 rings (SSSR count). The normalized spacial score (nSPS) is 13.5. The van der Waals surface area contributed by atoms with E-state index in [4.69, 9.17) is 4.74 Å². The first-order chi connectivity index (χ1) is 11.5. The maximum Gasteiger partial charge on any atom is 0.122 e. The number of aliphatic hydroxyl groups excluding tert-OH is 1. The smallest absolute Gasteiger partial charge is 0.122 e. The molecule has 0 amide bonds. The molecule has 0 aliphatic rings. The first-order valence-corrected chi connectivity index (χ1v) is 8.68. The van der Waals surface area contributed by atoms with Crippen LogP contribution in [0.15, 0.2) is 42.5 Å². The van der Waals surface area contributed by atoms with Gasteiger partial charge in [0.1, 0.15) is 18.5 Å². The summed E-state index contributed by atoms with van der Waals surface area (Å²) in [6, 6.07) is 14.8. The van der Waals surface area contributed by atoms with Crippen LogP contribution in [0.3, 0.4) is 0 Å². The fraction of sp³-hybridized carbons (Fsp3) is 0.429. The van der Waals surface area contributed by atoms with Crippen LogP contribution in [-0.4, -0.2) is 24.4 Å². The van der Waals surface area contributed by atoms with Crippen LogP contribution >= 0.6 is 0 Å². The summed E-state index contributed by atoms with van der Waals surface area (Å²) in [5.41, 5.74) is 4.84. The molecule has 24 heavy (non-hydrogen) atoms. The van der Waals surface area contributed by atoms with E-state index in [1.165, 1.54) is 16.7 Å². The molecule has 0 aliphatic carbocycles. The third kappa shape index (κ3) is 5.08. The molecule has 0 saturated carbocycles. The number of hydrogen-bond acceptors (Lipinski definition) is 3. The van der Waals surface area contributed by atoms with E-state index >= 15 is 0 Å². The van der Waals surface area contributed by atoms with Gasteiger partial charge < -0.3 is 15.2 Å². The molecule has 2 aromatic carbocycles. The third-order valence-electron chi connectivity index (χ3n) is 4.47. The molecule has 0 heterocycles. The van der Waals surface area contributed by atoms with E-state index in [1.807, 2.05) is 19.1 Å². The van der Waals surface area contributed by atoms with E-state index < -0.39 is 6.10 Å². The molecule has 0 aromatic heterocycles. The predicted molar refractivity (Wildman–Crippen MR) is 99.6 cm³/mol. The Labute approximate surface area is 145 Å². The number of aryl methyl sites for hydroxylation is 2. The van der Waals surface area contributed by atoms with Crippen molar-refractivity contribution in [1.82, 2.24) is 5.32 Å². The van der Waals surface area contributed by atoms with Crippen molar-refractivity contribution in [2.24, 2.45) is 0 Å². The zero-order valence-electron chi connectivity index (χ0n) is 15.2. The second-order valence-corrected chi connectivity index (χ2v) is 6.44. The standard InChI is InChI=1S/C21H29NO2/c1-5-20(18-11-9-15(2)10-12-18)22-13-19(23)14-24-21-8-6-7-16(3)17(21)4/h6-12,19-20,22-23H,5,13-14H2,1-4H3. The van der Waals surface area contributed by atoms with Crippen molar-refractivity contribution in [3.05, 3.63) is 64.7 Å². The summed E-state index contributed by atoms with van der Waals surface area (Å²) in [6.45, 7) is 9.15. The van der Waals surface area contributed by atoms with Gasteiger partial charge in [-0.1, -0.05) is 48.9 Å². The molecule has 0 spiro atoms. The fourth-order valence-electron chi connectivity index (χ4n) is 2.70. The van der Waals surface area contributed by atoms with E-state index in [-0.39, 0.29) is 6.04 Å². The number of rotatable bonds is 8. The number of hydrogen-bond donors (Lipinski definition) is 2. The summed E-state index contributed by atoms with van der Waals surface area (Å²) < 4.78 is 5.78. The van der Waals surface area contributed by atoms with Gasteiger partial charge in [0, 0.05) is 12.6 Å². The van der Waals surface area contributed by atoms with E-state index in [2.05, 4.69) is 56.4 Å². The van der Waals surface area contributed by atoms with Crippen LogP contribution in [0.1, 0.15) is 41.6 Å². The van der Waals surface area contributed by atoms with Gasteiger partial charge in [0.25, 0.3) is 0 Å². The van der Waals surface area contributed by atoms with Crippen LogP contribution in [-0.2, 0) is 0 Å². The minimum atomic E-state index is -0.538. The van der Waals surface area contributed by atoms with Gasteiger partial charge in [-0.2, -0.15) is 0 Å². The Morgan fingerprint density at radius 1 is 1.04 bits per heavy atom. The summed E-state index contributed by atoms with van der Waals surface area (Å²) in [4.78, 5) is 0. The first-order valence-electron chi connectivity index (χ1n) is 8.68. The van der Waals surface area contributed by atoms with Crippen LogP contribution in [0.5, 0.6) is 5.75 Å². The quantitative estimate of drug-likeness (QED) is 0.767. The highest BCUT2D eigenvalue weighted by molar-refractivity contribution is 5.38. The van der Waals surface area contributed by atoms with Gasteiger partial charge in [0.05, 0.1) is 0 Å². The van der Waals surface area contributed by atoms with Crippen LogP contribution in [0.2, 0.25) is 0 Å². The summed E-state index contributed by atoms with van der Waals surface area (Å²) in [5, 5.41) is 13.7. The van der Waals surface area contributed by atoms with E-state index in [1.54, 1.807) is 0 Å². The third-order valence-corrected chi connectivity index (χ3v) is 4.47. The zero-order chi connectivity index (χ0) is 17.5. The molecule has 0 bridgehead atoms. The van der Waals surface area contributed by atoms with Gasteiger partial charge in [-0.25, -0.2) is 0 Å². The lowest BCUT2D eigenvalue weighted by Crippen LogP contribution is -2.33. The van der Waals surface area contributed by atoms with E-state index in [9.17, 15) is 5.11 Å². The van der Waals surface area contributed by atoms with Crippen LogP contribution in [0, 0.1) is 20.8 Å². The Kier molecular flexibility index (Phi) is 6.83. The van der Waals surface area contributed by atoms with Crippen molar-refractivity contribution in [2.45, 2.75) is 46.3 Å². The lowest BCUT2D eigenvalue weighted by Gasteiger charge is -2.21. The molecule has 2 atom stereocenters. The Hall–Kier alpha value is -1.84. The monoisotopic (exact) mass is 327 g/mol. The molecule has 0 fully saturated rings. The van der Waals surface area contributed by atoms with Crippen molar-refractivity contribution >= 4 is 0 Å². The molecule has 0 saturated heterocycles. The molecule has 0 aliphatic heterocycles. The van der Waals surface area contributed by atoms with E-state index in [0.717, 1.165) is 17.7 Å². The minimum Gasteiger partial charge on any atom is -0.491 e. The number of nitrogens with one attached hydrogen (secondary N) is 1. The molecule has 2 unspecified atom stereocenters. The maximum atomic E-state index is 10.2. The van der Waals surface area contributed by atoms with Crippen molar-refractivity contribution in [1.29, 1.82) is 0 Å². The number of ether oxygens (including phenoxy) is 1. The lowest BCUT2D eigenvalue weighted by molar-refractivity contribution is 0.103. The van der Waals surface area contributed by atoms with Gasteiger partial charge in [0.2, 0.25) is 0 Å². The summed E-state index contributed by atoms with van der Waals surface area (Å²) >= 11 is 0.